The molecule has 7 nitrogen and oxygen atoms in total. The molecule has 0 saturated heterocycles. The van der Waals surface area contributed by atoms with Crippen molar-refractivity contribution in [2.75, 3.05) is 27.4 Å². The summed E-state index contributed by atoms with van der Waals surface area (Å²) in [5, 5.41) is 0.430. The monoisotopic (exact) mass is 407 g/mol. The molecule has 2 aromatic carbocycles. The highest BCUT2D eigenvalue weighted by molar-refractivity contribution is 5.99. The van der Waals surface area contributed by atoms with Crippen molar-refractivity contribution >= 4 is 22.8 Å². The molecule has 0 fully saturated rings. The minimum Gasteiger partial charge on any atom is -0.465 e. The molecule has 1 aliphatic rings. The van der Waals surface area contributed by atoms with Crippen LogP contribution in [0.2, 0.25) is 0 Å². The van der Waals surface area contributed by atoms with Crippen LogP contribution in [-0.4, -0.2) is 44.1 Å². The van der Waals surface area contributed by atoms with E-state index in [9.17, 15) is 14.4 Å². The number of nitrogens with zero attached hydrogens (tertiary/aromatic N) is 1. The minimum absolute atomic E-state index is 0.0677. The van der Waals surface area contributed by atoms with Crippen molar-refractivity contribution in [1.82, 2.24) is 4.90 Å². The molecule has 0 unspecified atom stereocenters. The van der Waals surface area contributed by atoms with E-state index in [-0.39, 0.29) is 17.1 Å². The molecule has 0 spiro atoms. The van der Waals surface area contributed by atoms with E-state index in [4.69, 9.17) is 13.9 Å². The summed E-state index contributed by atoms with van der Waals surface area (Å²) in [6.07, 6.45) is 0.612. The number of carbonyl (C=O) groups is 2. The third kappa shape index (κ3) is 3.27. The number of para-hydroxylation sites is 1. The van der Waals surface area contributed by atoms with Crippen LogP contribution in [0.1, 0.15) is 44.5 Å². The molecule has 0 radical (unpaired) electrons. The number of hydrogen-bond donors (Lipinski definition) is 0. The minimum atomic E-state index is -0.600. The quantitative estimate of drug-likeness (QED) is 0.461. The molecule has 1 aromatic heterocycles. The van der Waals surface area contributed by atoms with E-state index in [1.165, 1.54) is 7.11 Å². The molecular weight excluding hydrogens is 386 g/mol. The van der Waals surface area contributed by atoms with E-state index in [1.807, 2.05) is 0 Å². The predicted molar refractivity (Wildman–Crippen MR) is 110 cm³/mol. The molecular formula is C23H21NO6. The molecule has 3 aromatic rings. The van der Waals surface area contributed by atoms with Crippen molar-refractivity contribution in [1.29, 1.82) is 0 Å². The van der Waals surface area contributed by atoms with Gasteiger partial charge in [-0.25, -0.2) is 4.79 Å². The van der Waals surface area contributed by atoms with Crippen LogP contribution in [0, 0.1) is 0 Å². The first kappa shape index (κ1) is 19.8. The van der Waals surface area contributed by atoms with Gasteiger partial charge in [-0.3, -0.25) is 9.59 Å². The number of fused-ring (bicyclic) bond motifs is 2. The normalized spacial score (nSPS) is 15.5. The Bertz CT molecular complexity index is 1160. The van der Waals surface area contributed by atoms with Crippen molar-refractivity contribution in [3.63, 3.8) is 0 Å². The highest BCUT2D eigenvalue weighted by Gasteiger charge is 2.42. The van der Waals surface area contributed by atoms with Crippen LogP contribution in [0.3, 0.4) is 0 Å². The van der Waals surface area contributed by atoms with Gasteiger partial charge in [0, 0.05) is 20.3 Å². The van der Waals surface area contributed by atoms with Gasteiger partial charge in [0.15, 0.2) is 5.43 Å². The second-order valence-electron chi connectivity index (χ2n) is 7.03. The maximum atomic E-state index is 13.3. The smallest absolute Gasteiger partial charge is 0.337 e. The fraction of sp³-hybridized carbons (Fsp3) is 0.261. The maximum Gasteiger partial charge on any atom is 0.337 e. The highest BCUT2D eigenvalue weighted by atomic mass is 16.5. The Morgan fingerprint density at radius 3 is 2.50 bits per heavy atom. The van der Waals surface area contributed by atoms with Crippen LogP contribution in [0.25, 0.3) is 11.0 Å². The van der Waals surface area contributed by atoms with Crippen LogP contribution in [-0.2, 0) is 9.47 Å². The fourth-order valence-corrected chi connectivity index (χ4v) is 3.84. The van der Waals surface area contributed by atoms with Gasteiger partial charge < -0.3 is 18.8 Å². The summed E-state index contributed by atoms with van der Waals surface area (Å²) in [6, 6.07) is 13.0. The zero-order valence-electron chi connectivity index (χ0n) is 16.7. The maximum absolute atomic E-state index is 13.3. The Balaban J connectivity index is 1.85. The van der Waals surface area contributed by atoms with Crippen molar-refractivity contribution in [2.45, 2.75) is 12.5 Å². The summed E-state index contributed by atoms with van der Waals surface area (Å²) < 4.78 is 15.7. The Morgan fingerprint density at radius 2 is 1.80 bits per heavy atom. The number of rotatable bonds is 6. The van der Waals surface area contributed by atoms with E-state index in [2.05, 4.69) is 0 Å². The summed E-state index contributed by atoms with van der Waals surface area (Å²) in [5.41, 5.74) is 1.59. The number of amides is 1. The molecule has 154 valence electrons. The van der Waals surface area contributed by atoms with Crippen molar-refractivity contribution in [3.8, 4) is 0 Å². The first-order chi connectivity index (χ1) is 14.6. The fourth-order valence-electron chi connectivity index (χ4n) is 3.84. The van der Waals surface area contributed by atoms with Crippen LogP contribution >= 0.6 is 0 Å². The van der Waals surface area contributed by atoms with E-state index < -0.39 is 12.0 Å². The zero-order valence-corrected chi connectivity index (χ0v) is 16.7. The number of hydrogen-bond acceptors (Lipinski definition) is 6. The van der Waals surface area contributed by atoms with E-state index >= 15 is 0 Å². The average Bonchev–Trinajstić information content (AvgIpc) is 3.06. The Labute approximate surface area is 172 Å². The number of methoxy groups -OCH3 is 2. The molecule has 0 N–H and O–H groups in total. The summed E-state index contributed by atoms with van der Waals surface area (Å²) in [5.74, 6) is -0.712. The molecule has 0 saturated carbocycles. The number of benzene rings is 2. The van der Waals surface area contributed by atoms with Crippen LogP contribution in [0.4, 0.5) is 0 Å². The number of esters is 1. The van der Waals surface area contributed by atoms with Gasteiger partial charge in [0.25, 0.3) is 5.91 Å². The largest absolute Gasteiger partial charge is 0.465 e. The summed E-state index contributed by atoms with van der Waals surface area (Å²) in [6.45, 7) is 0.882. The zero-order chi connectivity index (χ0) is 21.3. The lowest BCUT2D eigenvalue weighted by Crippen LogP contribution is -2.31. The van der Waals surface area contributed by atoms with Crippen molar-refractivity contribution < 1.29 is 23.5 Å². The molecule has 1 atom stereocenters. The van der Waals surface area contributed by atoms with Crippen LogP contribution in [0.5, 0.6) is 0 Å². The second-order valence-corrected chi connectivity index (χ2v) is 7.03. The van der Waals surface area contributed by atoms with E-state index in [0.29, 0.717) is 41.7 Å². The molecule has 0 bridgehead atoms. The summed E-state index contributed by atoms with van der Waals surface area (Å²) in [4.78, 5) is 39.9. The van der Waals surface area contributed by atoms with Crippen LogP contribution in [0.15, 0.2) is 57.7 Å². The topological polar surface area (TPSA) is 86.0 Å². The lowest BCUT2D eigenvalue weighted by atomic mass is 9.97. The van der Waals surface area contributed by atoms with Crippen molar-refractivity contribution in [2.24, 2.45) is 0 Å². The molecule has 7 heteroatoms. The Morgan fingerprint density at radius 1 is 1.07 bits per heavy atom. The molecule has 30 heavy (non-hydrogen) atoms. The van der Waals surface area contributed by atoms with Gasteiger partial charge in [0.2, 0.25) is 5.76 Å². The number of carbonyl (C=O) groups excluding carboxylic acids is 2. The first-order valence-corrected chi connectivity index (χ1v) is 9.60. The van der Waals surface area contributed by atoms with Gasteiger partial charge in [0.1, 0.15) is 5.58 Å². The van der Waals surface area contributed by atoms with Gasteiger partial charge in [-0.2, -0.15) is 0 Å². The summed E-state index contributed by atoms with van der Waals surface area (Å²) in [7, 11) is 2.91. The number of ether oxygens (including phenoxy) is 2. The van der Waals surface area contributed by atoms with Crippen LogP contribution < -0.4 is 5.43 Å². The van der Waals surface area contributed by atoms with Gasteiger partial charge in [0.05, 0.1) is 29.7 Å². The SMILES string of the molecule is COCCCN1C(=O)c2oc3ccccc3c(=O)c2[C@H]1c1ccc(C(=O)OC)cc1. The van der Waals surface area contributed by atoms with E-state index in [0.717, 1.165) is 5.56 Å². The van der Waals surface area contributed by atoms with Crippen molar-refractivity contribution in [3.05, 3.63) is 81.2 Å². The Kier molecular flexibility index (Phi) is 5.37. The van der Waals surface area contributed by atoms with Gasteiger partial charge in [-0.05, 0) is 36.2 Å². The molecule has 4 rings (SSSR count). The molecule has 2 heterocycles. The molecule has 1 amide bonds. The average molecular weight is 407 g/mol. The Hall–Kier alpha value is -3.45. The van der Waals surface area contributed by atoms with Gasteiger partial charge in [-0.1, -0.05) is 24.3 Å². The lowest BCUT2D eigenvalue weighted by Gasteiger charge is -2.25. The standard InChI is InChI=1S/C23H21NO6/c1-28-13-5-12-24-19(14-8-10-15(11-9-14)23(27)29-2)18-20(25)16-6-3-4-7-17(16)30-21(18)22(24)26/h3-4,6-11,19H,5,12-13H2,1-2H3/t19-/m1/s1. The van der Waals surface area contributed by atoms with Gasteiger partial charge >= 0.3 is 5.97 Å². The van der Waals surface area contributed by atoms with E-state index in [1.54, 1.807) is 60.5 Å². The third-order valence-electron chi connectivity index (χ3n) is 5.27. The summed E-state index contributed by atoms with van der Waals surface area (Å²) >= 11 is 0. The molecule has 1 aliphatic heterocycles. The first-order valence-electron chi connectivity index (χ1n) is 9.60. The molecule has 0 aliphatic carbocycles. The van der Waals surface area contributed by atoms with Gasteiger partial charge in [-0.15, -0.1) is 0 Å². The third-order valence-corrected chi connectivity index (χ3v) is 5.27. The highest BCUT2D eigenvalue weighted by Crippen LogP contribution is 2.38. The predicted octanol–water partition coefficient (Wildman–Crippen LogP) is 3.16. The second kappa shape index (κ2) is 8.12. The lowest BCUT2D eigenvalue weighted by molar-refractivity contribution is 0.0599.